The highest BCUT2D eigenvalue weighted by Crippen LogP contribution is 2.33. The Bertz CT molecular complexity index is 1380. The summed E-state index contributed by atoms with van der Waals surface area (Å²) >= 11 is 6.14. The number of rotatable bonds is 6. The van der Waals surface area contributed by atoms with Gasteiger partial charge in [0.15, 0.2) is 0 Å². The van der Waals surface area contributed by atoms with E-state index in [9.17, 15) is 4.79 Å². The smallest absolute Gasteiger partial charge is 0.234 e. The lowest BCUT2D eigenvalue weighted by Gasteiger charge is -2.41. The Labute approximate surface area is 216 Å². The maximum absolute atomic E-state index is 13.3. The molecule has 2 aliphatic rings. The average molecular weight is 500 g/mol. The minimum atomic E-state index is 0.282. The number of likely N-dealkylation sites (tertiary alicyclic amines) is 1. The van der Waals surface area contributed by atoms with Crippen LogP contribution in [0.5, 0.6) is 0 Å². The van der Waals surface area contributed by atoms with E-state index >= 15 is 0 Å². The molecule has 2 aliphatic heterocycles. The molecule has 6 rings (SSSR count). The maximum Gasteiger partial charge on any atom is 0.234 e. The summed E-state index contributed by atoms with van der Waals surface area (Å²) in [5.74, 6) is 0.997. The van der Waals surface area contributed by atoms with Crippen LogP contribution in [-0.4, -0.2) is 55.2 Å². The average Bonchev–Trinajstić information content (AvgIpc) is 3.38. The van der Waals surface area contributed by atoms with Crippen LogP contribution in [0.1, 0.15) is 36.1 Å². The molecule has 1 amide bonds. The van der Waals surface area contributed by atoms with Gasteiger partial charge in [0.05, 0.1) is 11.4 Å². The normalized spacial score (nSPS) is 19.8. The van der Waals surface area contributed by atoms with Gasteiger partial charge < -0.3 is 4.90 Å². The Balaban J connectivity index is 1.19. The van der Waals surface area contributed by atoms with Gasteiger partial charge in [-0.3, -0.25) is 14.1 Å². The third-order valence-corrected chi connectivity index (χ3v) is 7.96. The number of piperazine rings is 1. The summed E-state index contributed by atoms with van der Waals surface area (Å²) in [4.78, 5) is 27.3. The molecule has 6 nitrogen and oxygen atoms in total. The number of benzene rings is 2. The zero-order valence-corrected chi connectivity index (χ0v) is 21.2. The summed E-state index contributed by atoms with van der Waals surface area (Å²) in [6.45, 7) is 4.67. The summed E-state index contributed by atoms with van der Waals surface area (Å²) in [5, 5.41) is 0.710. The fourth-order valence-electron chi connectivity index (χ4n) is 5.92. The van der Waals surface area contributed by atoms with E-state index in [4.69, 9.17) is 16.6 Å². The van der Waals surface area contributed by atoms with Gasteiger partial charge in [0, 0.05) is 61.1 Å². The van der Waals surface area contributed by atoms with E-state index in [0.29, 0.717) is 23.1 Å². The molecule has 2 saturated heterocycles. The number of halogens is 1. The standard InChI is InChI=1S/C29H30ClN5O/c1-20-5-2-3-6-21(20)9-14-27(36)35-24-12-13-25(35)18-33(17-24)19-26-28(22-7-10-23(30)11-8-22)32-29-31-15-4-16-34(26)29/h2-8,10-11,15-16,24-25H,9,12-14,17-19H2,1H3. The molecule has 2 unspecified atom stereocenters. The lowest BCUT2D eigenvalue weighted by Crippen LogP contribution is -2.55. The Morgan fingerprint density at radius 2 is 1.78 bits per heavy atom. The first kappa shape index (κ1) is 23.2. The highest BCUT2D eigenvalue weighted by molar-refractivity contribution is 6.30. The van der Waals surface area contributed by atoms with Crippen LogP contribution in [0, 0.1) is 6.92 Å². The first-order valence-electron chi connectivity index (χ1n) is 12.7. The fourth-order valence-corrected chi connectivity index (χ4v) is 6.05. The van der Waals surface area contributed by atoms with E-state index in [1.54, 1.807) is 6.20 Å². The van der Waals surface area contributed by atoms with Crippen molar-refractivity contribution in [2.45, 2.75) is 51.2 Å². The van der Waals surface area contributed by atoms with E-state index in [1.165, 1.54) is 11.1 Å². The molecule has 36 heavy (non-hydrogen) atoms. The quantitative estimate of drug-likeness (QED) is 0.367. The lowest BCUT2D eigenvalue weighted by atomic mass is 10.0. The molecule has 2 aromatic carbocycles. The van der Waals surface area contributed by atoms with Crippen molar-refractivity contribution >= 4 is 23.3 Å². The minimum absolute atomic E-state index is 0.282. The van der Waals surface area contributed by atoms with Gasteiger partial charge in [-0.1, -0.05) is 48.0 Å². The molecule has 0 radical (unpaired) electrons. The van der Waals surface area contributed by atoms with Crippen molar-refractivity contribution < 1.29 is 4.79 Å². The summed E-state index contributed by atoms with van der Waals surface area (Å²) in [6.07, 6.45) is 7.36. The van der Waals surface area contributed by atoms with Crippen LogP contribution in [0.3, 0.4) is 0 Å². The largest absolute Gasteiger partial charge is 0.334 e. The molecule has 0 spiro atoms. The van der Waals surface area contributed by atoms with Crippen molar-refractivity contribution in [2.24, 2.45) is 0 Å². The Morgan fingerprint density at radius 1 is 1.03 bits per heavy atom. The number of aryl methyl sites for hydroxylation is 2. The summed E-state index contributed by atoms with van der Waals surface area (Å²) < 4.78 is 2.09. The highest BCUT2D eigenvalue weighted by Gasteiger charge is 2.42. The molecule has 2 fully saturated rings. The molecular weight excluding hydrogens is 470 g/mol. The van der Waals surface area contributed by atoms with Gasteiger partial charge in [0.1, 0.15) is 0 Å². The zero-order valence-electron chi connectivity index (χ0n) is 20.5. The van der Waals surface area contributed by atoms with Gasteiger partial charge >= 0.3 is 0 Å². The third kappa shape index (κ3) is 4.40. The van der Waals surface area contributed by atoms with Crippen LogP contribution in [0.4, 0.5) is 0 Å². The molecule has 4 heterocycles. The zero-order chi connectivity index (χ0) is 24.6. The van der Waals surface area contributed by atoms with Crippen molar-refractivity contribution in [2.75, 3.05) is 13.1 Å². The fraction of sp³-hybridized carbons (Fsp3) is 0.345. The number of carbonyl (C=O) groups excluding carboxylic acids is 1. The number of fused-ring (bicyclic) bond motifs is 3. The van der Waals surface area contributed by atoms with Gasteiger partial charge in [-0.05, 0) is 55.5 Å². The Morgan fingerprint density at radius 3 is 2.53 bits per heavy atom. The number of carbonyl (C=O) groups is 1. The van der Waals surface area contributed by atoms with Crippen molar-refractivity contribution in [1.29, 1.82) is 0 Å². The molecule has 4 aromatic rings. The monoisotopic (exact) mass is 499 g/mol. The van der Waals surface area contributed by atoms with Gasteiger partial charge in [-0.15, -0.1) is 0 Å². The molecular formula is C29H30ClN5O. The van der Waals surface area contributed by atoms with Gasteiger partial charge in [0.2, 0.25) is 11.7 Å². The second kappa shape index (κ2) is 9.68. The van der Waals surface area contributed by atoms with E-state index in [-0.39, 0.29) is 12.1 Å². The molecule has 2 bridgehead atoms. The topological polar surface area (TPSA) is 53.7 Å². The Hall–Kier alpha value is -3.22. The van der Waals surface area contributed by atoms with Crippen LogP contribution in [-0.2, 0) is 17.8 Å². The minimum Gasteiger partial charge on any atom is -0.334 e. The van der Waals surface area contributed by atoms with Crippen LogP contribution < -0.4 is 0 Å². The molecule has 184 valence electrons. The molecule has 2 aromatic heterocycles. The van der Waals surface area contributed by atoms with E-state index in [0.717, 1.165) is 55.8 Å². The van der Waals surface area contributed by atoms with E-state index < -0.39 is 0 Å². The number of aromatic nitrogens is 3. The number of nitrogens with zero attached hydrogens (tertiary/aromatic N) is 5. The van der Waals surface area contributed by atoms with Crippen molar-refractivity contribution in [3.05, 3.63) is 88.8 Å². The van der Waals surface area contributed by atoms with Gasteiger partial charge in [-0.25, -0.2) is 9.97 Å². The highest BCUT2D eigenvalue weighted by atomic mass is 35.5. The van der Waals surface area contributed by atoms with Crippen molar-refractivity contribution in [1.82, 2.24) is 24.2 Å². The molecule has 0 aliphatic carbocycles. The first-order valence-corrected chi connectivity index (χ1v) is 13.1. The summed E-state index contributed by atoms with van der Waals surface area (Å²) in [6, 6.07) is 18.7. The Kier molecular flexibility index (Phi) is 6.23. The second-order valence-corrected chi connectivity index (χ2v) is 10.4. The third-order valence-electron chi connectivity index (χ3n) is 7.71. The van der Waals surface area contributed by atoms with E-state index in [2.05, 4.69) is 50.4 Å². The predicted molar refractivity (Wildman–Crippen MR) is 142 cm³/mol. The van der Waals surface area contributed by atoms with E-state index in [1.807, 2.05) is 36.5 Å². The summed E-state index contributed by atoms with van der Waals surface area (Å²) in [5.41, 5.74) is 5.63. The lowest BCUT2D eigenvalue weighted by molar-refractivity contribution is -0.137. The molecule has 2 atom stereocenters. The van der Waals surface area contributed by atoms with Crippen molar-refractivity contribution in [3.8, 4) is 11.3 Å². The summed E-state index contributed by atoms with van der Waals surface area (Å²) in [7, 11) is 0. The number of hydrogen-bond donors (Lipinski definition) is 0. The molecule has 0 N–H and O–H groups in total. The van der Waals surface area contributed by atoms with Crippen LogP contribution >= 0.6 is 11.6 Å². The van der Waals surface area contributed by atoms with Crippen LogP contribution in [0.25, 0.3) is 17.0 Å². The maximum atomic E-state index is 13.3. The van der Waals surface area contributed by atoms with Gasteiger partial charge in [0.25, 0.3) is 0 Å². The number of hydrogen-bond acceptors (Lipinski definition) is 4. The number of imidazole rings is 1. The van der Waals surface area contributed by atoms with Crippen molar-refractivity contribution in [3.63, 3.8) is 0 Å². The SMILES string of the molecule is Cc1ccccc1CCC(=O)N1C2CCC1CN(Cc1c(-c3ccc(Cl)cc3)nc3ncccn13)C2. The number of amides is 1. The van der Waals surface area contributed by atoms with Gasteiger partial charge in [-0.2, -0.15) is 0 Å². The van der Waals surface area contributed by atoms with Crippen LogP contribution in [0.15, 0.2) is 67.0 Å². The van der Waals surface area contributed by atoms with Crippen LogP contribution in [0.2, 0.25) is 5.02 Å². The molecule has 7 heteroatoms. The molecule has 0 saturated carbocycles. The first-order chi connectivity index (χ1) is 17.6. The second-order valence-electron chi connectivity index (χ2n) is 10.0. The predicted octanol–water partition coefficient (Wildman–Crippen LogP) is 5.17.